The zero-order valence-corrected chi connectivity index (χ0v) is 14.3. The van der Waals surface area contributed by atoms with E-state index >= 15 is 0 Å². The van der Waals surface area contributed by atoms with Crippen LogP contribution in [0.15, 0.2) is 18.2 Å². The second kappa shape index (κ2) is 7.08. The summed E-state index contributed by atoms with van der Waals surface area (Å²) < 4.78 is 5.94. The summed E-state index contributed by atoms with van der Waals surface area (Å²) in [5.41, 5.74) is 1.30. The third kappa shape index (κ3) is 3.10. The van der Waals surface area contributed by atoms with E-state index in [0.717, 1.165) is 18.9 Å². The van der Waals surface area contributed by atoms with Crippen molar-refractivity contribution in [2.24, 2.45) is 0 Å². The predicted molar refractivity (Wildman–Crippen MR) is 90.3 cm³/mol. The maximum atomic E-state index is 9.79. The standard InChI is InChI=1S/C16H23NO2.2ClH/c1-3-8-17-9-4-7-16(2)13-10-12(18)5-6-14(13)19-11-15(16)17;;/h5-6,10,15,18H,3-4,7-9,11H2,1-2H3;2*1H/t15-,16-;;/m1../s1. The van der Waals surface area contributed by atoms with Crippen LogP contribution in [-0.2, 0) is 5.41 Å². The van der Waals surface area contributed by atoms with Gasteiger partial charge in [-0.1, -0.05) is 13.8 Å². The Labute approximate surface area is 139 Å². The van der Waals surface area contributed by atoms with E-state index in [0.29, 0.717) is 11.8 Å². The van der Waals surface area contributed by atoms with Gasteiger partial charge in [0.05, 0.1) is 6.04 Å². The molecule has 1 aromatic rings. The van der Waals surface area contributed by atoms with Crippen molar-refractivity contribution in [1.29, 1.82) is 0 Å². The molecule has 2 aliphatic heterocycles. The second-order valence-electron chi connectivity index (χ2n) is 6.06. The zero-order valence-electron chi connectivity index (χ0n) is 12.7. The Morgan fingerprint density at radius 2 is 2.14 bits per heavy atom. The van der Waals surface area contributed by atoms with E-state index in [-0.39, 0.29) is 30.2 Å². The number of ether oxygens (including phenoxy) is 1. The lowest BCUT2D eigenvalue weighted by atomic mass is 9.68. The van der Waals surface area contributed by atoms with Crippen molar-refractivity contribution in [3.8, 4) is 11.5 Å². The molecule has 0 aliphatic carbocycles. The molecule has 0 bridgehead atoms. The normalized spacial score (nSPS) is 27.4. The maximum absolute atomic E-state index is 9.79. The summed E-state index contributed by atoms with van der Waals surface area (Å²) >= 11 is 0. The molecule has 0 aromatic heterocycles. The third-order valence-corrected chi connectivity index (χ3v) is 4.80. The highest BCUT2D eigenvalue weighted by Gasteiger charge is 2.46. The molecule has 1 aromatic carbocycles. The quantitative estimate of drug-likeness (QED) is 0.894. The van der Waals surface area contributed by atoms with Gasteiger partial charge in [0, 0.05) is 11.0 Å². The van der Waals surface area contributed by atoms with E-state index in [1.165, 1.54) is 31.4 Å². The Kier molecular flexibility index (Phi) is 6.21. The van der Waals surface area contributed by atoms with Gasteiger partial charge in [-0.15, -0.1) is 24.8 Å². The lowest BCUT2D eigenvalue weighted by Crippen LogP contribution is -2.58. The Bertz CT molecular complexity index is 481. The first-order chi connectivity index (χ1) is 9.15. The highest BCUT2D eigenvalue weighted by atomic mass is 35.5. The number of benzene rings is 1. The molecule has 5 heteroatoms. The van der Waals surface area contributed by atoms with Crippen LogP contribution in [0.3, 0.4) is 0 Å². The molecule has 1 saturated heterocycles. The van der Waals surface area contributed by atoms with Crippen LogP contribution in [0.2, 0.25) is 0 Å². The molecule has 21 heavy (non-hydrogen) atoms. The molecular weight excluding hydrogens is 309 g/mol. The minimum atomic E-state index is 0. The molecule has 0 saturated carbocycles. The predicted octanol–water partition coefficient (Wildman–Crippen LogP) is 3.76. The first-order valence-electron chi connectivity index (χ1n) is 7.35. The molecule has 2 atom stereocenters. The van der Waals surface area contributed by atoms with Crippen LogP contribution in [0.25, 0.3) is 0 Å². The van der Waals surface area contributed by atoms with Crippen molar-refractivity contribution >= 4 is 24.8 Å². The van der Waals surface area contributed by atoms with Gasteiger partial charge in [-0.3, -0.25) is 4.90 Å². The van der Waals surface area contributed by atoms with Gasteiger partial charge in [-0.2, -0.15) is 0 Å². The molecule has 3 rings (SSSR count). The lowest BCUT2D eigenvalue weighted by molar-refractivity contribution is 0.0222. The lowest BCUT2D eigenvalue weighted by Gasteiger charge is -2.51. The van der Waals surface area contributed by atoms with Crippen molar-refractivity contribution in [3.63, 3.8) is 0 Å². The van der Waals surface area contributed by atoms with Gasteiger partial charge in [0.15, 0.2) is 0 Å². The second-order valence-corrected chi connectivity index (χ2v) is 6.06. The molecular formula is C16H25Cl2NO2. The third-order valence-electron chi connectivity index (χ3n) is 4.80. The van der Waals surface area contributed by atoms with Crippen molar-refractivity contribution in [1.82, 2.24) is 4.90 Å². The number of phenolic OH excluding ortho intramolecular Hbond substituents is 1. The number of piperidine rings is 1. The number of hydrogen-bond acceptors (Lipinski definition) is 3. The van der Waals surface area contributed by atoms with E-state index in [1.807, 2.05) is 12.1 Å². The van der Waals surface area contributed by atoms with Crippen LogP contribution in [0.5, 0.6) is 11.5 Å². The molecule has 1 fully saturated rings. The SMILES string of the molecule is CCCN1CCC[C@]2(C)c3cc(O)ccc3OC[C@@H]12.Cl.Cl. The first kappa shape index (κ1) is 18.4. The molecule has 0 radical (unpaired) electrons. The van der Waals surface area contributed by atoms with Crippen LogP contribution < -0.4 is 4.74 Å². The van der Waals surface area contributed by atoms with Crippen LogP contribution in [0.4, 0.5) is 0 Å². The molecule has 0 unspecified atom stereocenters. The Morgan fingerprint density at radius 1 is 1.38 bits per heavy atom. The summed E-state index contributed by atoms with van der Waals surface area (Å²) in [5.74, 6) is 1.30. The van der Waals surface area contributed by atoms with Crippen LogP contribution in [0, 0.1) is 0 Å². The van der Waals surface area contributed by atoms with Gasteiger partial charge < -0.3 is 9.84 Å². The fraction of sp³-hybridized carbons (Fsp3) is 0.625. The van der Waals surface area contributed by atoms with Gasteiger partial charge in [0.25, 0.3) is 0 Å². The van der Waals surface area contributed by atoms with Crippen molar-refractivity contribution in [2.45, 2.75) is 44.6 Å². The van der Waals surface area contributed by atoms with Gasteiger partial charge in [0.2, 0.25) is 0 Å². The molecule has 0 amide bonds. The van der Waals surface area contributed by atoms with Crippen molar-refractivity contribution in [2.75, 3.05) is 19.7 Å². The fourth-order valence-corrected chi connectivity index (χ4v) is 3.79. The minimum Gasteiger partial charge on any atom is -0.508 e. The minimum absolute atomic E-state index is 0. The van der Waals surface area contributed by atoms with Gasteiger partial charge in [-0.05, 0) is 50.6 Å². The Morgan fingerprint density at radius 3 is 2.86 bits per heavy atom. The topological polar surface area (TPSA) is 32.7 Å². The number of fused-ring (bicyclic) bond motifs is 3. The van der Waals surface area contributed by atoms with Gasteiger partial charge in [0.1, 0.15) is 18.1 Å². The molecule has 120 valence electrons. The fourth-order valence-electron chi connectivity index (χ4n) is 3.79. The highest BCUT2D eigenvalue weighted by molar-refractivity contribution is 5.85. The number of likely N-dealkylation sites (tertiary alicyclic amines) is 1. The summed E-state index contributed by atoms with van der Waals surface area (Å²) in [6.45, 7) is 7.65. The van der Waals surface area contributed by atoms with Crippen LogP contribution in [0.1, 0.15) is 38.7 Å². The number of halogens is 2. The summed E-state index contributed by atoms with van der Waals surface area (Å²) in [6, 6.07) is 5.97. The summed E-state index contributed by atoms with van der Waals surface area (Å²) in [7, 11) is 0. The average Bonchev–Trinajstić information content (AvgIpc) is 2.39. The number of phenols is 1. The highest BCUT2D eigenvalue weighted by Crippen LogP contribution is 2.47. The van der Waals surface area contributed by atoms with E-state index < -0.39 is 0 Å². The number of aromatic hydroxyl groups is 1. The number of nitrogens with zero attached hydrogens (tertiary/aromatic N) is 1. The maximum Gasteiger partial charge on any atom is 0.123 e. The molecule has 3 nitrogen and oxygen atoms in total. The van der Waals surface area contributed by atoms with E-state index in [4.69, 9.17) is 4.74 Å². The Hall–Kier alpha value is -0.640. The zero-order chi connectivity index (χ0) is 13.5. The molecule has 0 spiro atoms. The van der Waals surface area contributed by atoms with E-state index in [1.54, 1.807) is 6.07 Å². The van der Waals surface area contributed by atoms with Gasteiger partial charge >= 0.3 is 0 Å². The van der Waals surface area contributed by atoms with E-state index in [2.05, 4.69) is 18.7 Å². The largest absolute Gasteiger partial charge is 0.508 e. The van der Waals surface area contributed by atoms with Crippen LogP contribution >= 0.6 is 24.8 Å². The summed E-state index contributed by atoms with van der Waals surface area (Å²) in [6.07, 6.45) is 3.58. The summed E-state index contributed by atoms with van der Waals surface area (Å²) in [4.78, 5) is 2.57. The summed E-state index contributed by atoms with van der Waals surface area (Å²) in [5, 5.41) is 9.79. The molecule has 2 heterocycles. The van der Waals surface area contributed by atoms with E-state index in [9.17, 15) is 5.11 Å². The van der Waals surface area contributed by atoms with Gasteiger partial charge in [-0.25, -0.2) is 0 Å². The molecule has 2 aliphatic rings. The first-order valence-corrected chi connectivity index (χ1v) is 7.35. The smallest absolute Gasteiger partial charge is 0.123 e. The Balaban J connectivity index is 0.00000110. The van der Waals surface area contributed by atoms with Crippen molar-refractivity contribution in [3.05, 3.63) is 23.8 Å². The number of rotatable bonds is 2. The molecule has 1 N–H and O–H groups in total. The monoisotopic (exact) mass is 333 g/mol. The van der Waals surface area contributed by atoms with Crippen molar-refractivity contribution < 1.29 is 9.84 Å². The number of hydrogen-bond donors (Lipinski definition) is 1. The van der Waals surface area contributed by atoms with Crippen LogP contribution in [-0.4, -0.2) is 35.7 Å². The average molecular weight is 334 g/mol.